The minimum Gasteiger partial charge on any atom is -0.497 e. The van der Waals surface area contributed by atoms with Crippen LogP contribution in [-0.2, 0) is 4.57 Å². The van der Waals surface area contributed by atoms with Gasteiger partial charge in [0.15, 0.2) is 0 Å². The Morgan fingerprint density at radius 3 is 1.45 bits per heavy atom. The molecule has 0 aliphatic heterocycles. The van der Waals surface area contributed by atoms with Gasteiger partial charge < -0.3 is 14.7 Å². The van der Waals surface area contributed by atoms with E-state index in [0.717, 1.165) is 0 Å². The van der Waals surface area contributed by atoms with Crippen molar-refractivity contribution in [3.05, 3.63) is 48.5 Å². The van der Waals surface area contributed by atoms with Gasteiger partial charge in [-0.25, -0.2) is 0 Å². The quantitative estimate of drug-likeness (QED) is 0.651. The number of hydrogen-bond donors (Lipinski definition) is 2. The minimum absolute atomic E-state index is 0.492. The molecule has 0 aliphatic carbocycles. The Balaban J connectivity index is 2.42. The summed E-state index contributed by atoms with van der Waals surface area (Å²) in [5.74, 6) is 1.32. The summed E-state index contributed by atoms with van der Waals surface area (Å²) in [5, 5.41) is 12.3. The highest BCUT2D eigenvalue weighted by Crippen LogP contribution is 2.38. The molecule has 0 fully saturated rings. The molecule has 0 spiro atoms. The lowest BCUT2D eigenvalue weighted by Crippen LogP contribution is -2.25. The molecular formula is C14H16NO4P. The first kappa shape index (κ1) is 14.6. The van der Waals surface area contributed by atoms with Crippen LogP contribution in [0.15, 0.2) is 48.5 Å². The van der Waals surface area contributed by atoms with Gasteiger partial charge in [0.25, 0.3) is 0 Å². The monoisotopic (exact) mass is 293 g/mol. The zero-order valence-electron chi connectivity index (χ0n) is 11.2. The van der Waals surface area contributed by atoms with Crippen molar-refractivity contribution in [2.24, 2.45) is 0 Å². The topological polar surface area (TPSA) is 67.8 Å². The summed E-state index contributed by atoms with van der Waals surface area (Å²) in [7, 11) is -0.155. The van der Waals surface area contributed by atoms with Gasteiger partial charge in [0, 0.05) is 10.6 Å². The average molecular weight is 293 g/mol. The zero-order valence-corrected chi connectivity index (χ0v) is 12.1. The Bertz CT molecular complexity index is 559. The van der Waals surface area contributed by atoms with Gasteiger partial charge in [0.2, 0.25) is 7.29 Å². The van der Waals surface area contributed by atoms with E-state index >= 15 is 0 Å². The Kier molecular flexibility index (Phi) is 4.45. The van der Waals surface area contributed by atoms with Gasteiger partial charge in [-0.2, -0.15) is 0 Å². The van der Waals surface area contributed by atoms with Crippen LogP contribution in [0.5, 0.6) is 11.5 Å². The van der Waals surface area contributed by atoms with Crippen LogP contribution in [0.4, 0.5) is 0 Å². The Morgan fingerprint density at radius 2 is 1.20 bits per heavy atom. The highest BCUT2D eigenvalue weighted by atomic mass is 31.2. The van der Waals surface area contributed by atoms with Gasteiger partial charge in [-0.15, -0.1) is 5.25 Å². The smallest absolute Gasteiger partial charge is 0.226 e. The Hall–Kier alpha value is -1.81. The van der Waals surface area contributed by atoms with E-state index in [0.29, 0.717) is 22.1 Å². The number of nitrogens with one attached hydrogen (secondary N) is 1. The second-order valence-corrected chi connectivity index (χ2v) is 6.56. The third-order valence-corrected chi connectivity index (χ3v) is 5.35. The van der Waals surface area contributed by atoms with Crippen LogP contribution in [0.3, 0.4) is 0 Å². The van der Waals surface area contributed by atoms with Gasteiger partial charge in [0.05, 0.1) is 14.2 Å². The normalized spacial score (nSPS) is 11.2. The van der Waals surface area contributed by atoms with Gasteiger partial charge in [0.1, 0.15) is 11.5 Å². The van der Waals surface area contributed by atoms with E-state index in [2.05, 4.69) is 0 Å². The van der Waals surface area contributed by atoms with Crippen LogP contribution in [0, 0.1) is 0 Å². The predicted octanol–water partition coefficient (Wildman–Crippen LogP) is 1.91. The molecule has 0 aromatic heterocycles. The van der Waals surface area contributed by atoms with Crippen LogP contribution in [0.25, 0.3) is 0 Å². The average Bonchev–Trinajstić information content (AvgIpc) is 2.54. The van der Waals surface area contributed by atoms with E-state index < -0.39 is 7.29 Å². The fourth-order valence-corrected chi connectivity index (χ4v) is 3.52. The molecule has 0 atom stereocenters. The van der Waals surface area contributed by atoms with Crippen LogP contribution in [-0.4, -0.2) is 19.4 Å². The van der Waals surface area contributed by atoms with Crippen LogP contribution in [0.2, 0.25) is 0 Å². The number of methoxy groups -OCH3 is 2. The van der Waals surface area contributed by atoms with E-state index in [9.17, 15) is 9.77 Å². The van der Waals surface area contributed by atoms with Crippen molar-refractivity contribution in [2.75, 3.05) is 14.2 Å². The van der Waals surface area contributed by atoms with Crippen molar-refractivity contribution in [3.8, 4) is 11.5 Å². The second kappa shape index (κ2) is 6.09. The summed E-state index contributed by atoms with van der Waals surface area (Å²) in [6.07, 6.45) is 0. The molecule has 0 saturated carbocycles. The maximum Gasteiger partial charge on any atom is 0.226 e. The molecule has 0 aliphatic rings. The Labute approximate surface area is 117 Å². The summed E-state index contributed by atoms with van der Waals surface area (Å²) in [4.78, 5) is 0. The van der Waals surface area contributed by atoms with Gasteiger partial charge in [-0.1, -0.05) is 0 Å². The number of rotatable bonds is 5. The lowest BCUT2D eigenvalue weighted by molar-refractivity contribution is 0.245. The molecule has 2 N–H and O–H groups in total. The minimum atomic E-state index is -3.27. The maximum absolute atomic E-state index is 12.9. The highest BCUT2D eigenvalue weighted by Gasteiger charge is 2.26. The van der Waals surface area contributed by atoms with Crippen LogP contribution in [0.1, 0.15) is 0 Å². The molecule has 5 nitrogen and oxygen atoms in total. The number of ether oxygens (including phenoxy) is 2. The van der Waals surface area contributed by atoms with Crippen molar-refractivity contribution in [1.29, 1.82) is 0 Å². The van der Waals surface area contributed by atoms with Crippen molar-refractivity contribution in [3.63, 3.8) is 0 Å². The van der Waals surface area contributed by atoms with Gasteiger partial charge in [-0.05, 0) is 48.5 Å². The van der Waals surface area contributed by atoms with Gasteiger partial charge >= 0.3 is 0 Å². The Morgan fingerprint density at radius 1 is 0.850 bits per heavy atom. The molecule has 0 unspecified atom stereocenters. The first-order valence-corrected chi connectivity index (χ1v) is 7.65. The van der Waals surface area contributed by atoms with Crippen molar-refractivity contribution >= 4 is 17.9 Å². The second-order valence-electron chi connectivity index (χ2n) is 4.11. The third kappa shape index (κ3) is 2.70. The fourth-order valence-electron chi connectivity index (χ4n) is 1.85. The molecule has 6 heteroatoms. The molecule has 0 saturated heterocycles. The summed E-state index contributed by atoms with van der Waals surface area (Å²) in [6, 6.07) is 13.4. The lowest BCUT2D eigenvalue weighted by Gasteiger charge is -2.17. The van der Waals surface area contributed by atoms with Crippen LogP contribution >= 0.6 is 7.29 Å². The van der Waals surface area contributed by atoms with E-state index in [-0.39, 0.29) is 0 Å². The maximum atomic E-state index is 12.9. The lowest BCUT2D eigenvalue weighted by atomic mass is 10.3. The first-order valence-electron chi connectivity index (χ1n) is 5.94. The van der Waals surface area contributed by atoms with Crippen LogP contribution < -0.4 is 25.3 Å². The number of hydrogen-bond acceptors (Lipinski definition) is 4. The zero-order chi connectivity index (χ0) is 14.6. The largest absolute Gasteiger partial charge is 0.497 e. The molecule has 0 amide bonds. The van der Waals surface area contributed by atoms with Crippen molar-refractivity contribution in [1.82, 2.24) is 5.25 Å². The molecule has 0 bridgehead atoms. The highest BCUT2D eigenvalue weighted by molar-refractivity contribution is 7.76. The number of benzene rings is 2. The summed E-state index contributed by atoms with van der Waals surface area (Å²) >= 11 is 0. The summed E-state index contributed by atoms with van der Waals surface area (Å²) in [5.41, 5.74) is 0. The van der Waals surface area contributed by atoms with Gasteiger partial charge in [-0.3, -0.25) is 4.57 Å². The first-order chi connectivity index (χ1) is 9.63. The summed E-state index contributed by atoms with van der Waals surface area (Å²) < 4.78 is 23.1. The van der Waals surface area contributed by atoms with Crippen molar-refractivity contribution < 1.29 is 19.2 Å². The van der Waals surface area contributed by atoms with E-state index in [1.807, 2.05) is 5.25 Å². The van der Waals surface area contributed by atoms with E-state index in [1.165, 1.54) is 0 Å². The molecule has 106 valence electrons. The predicted molar refractivity (Wildman–Crippen MR) is 77.8 cm³/mol. The third-order valence-electron chi connectivity index (χ3n) is 3.01. The fraction of sp³-hybridized carbons (Fsp3) is 0.143. The molecular weight excluding hydrogens is 277 g/mol. The van der Waals surface area contributed by atoms with E-state index in [4.69, 9.17) is 9.47 Å². The molecule has 2 rings (SSSR count). The SMILES string of the molecule is COc1ccc(P(=O)(NO)c2ccc(OC)cc2)cc1. The molecule has 2 aromatic carbocycles. The molecule has 20 heavy (non-hydrogen) atoms. The van der Waals surface area contributed by atoms with E-state index in [1.54, 1.807) is 62.8 Å². The standard InChI is InChI=1S/C14H16NO4P/c1-18-11-3-7-13(8-4-11)20(17,15-16)14-9-5-12(19-2)6-10-14/h3-10,16H,1-2H3,(H,15,17). The molecule has 2 aromatic rings. The molecule has 0 radical (unpaired) electrons. The van der Waals surface area contributed by atoms with Crippen molar-refractivity contribution in [2.45, 2.75) is 0 Å². The summed E-state index contributed by atoms with van der Waals surface area (Å²) in [6.45, 7) is 0. The molecule has 0 heterocycles.